The van der Waals surface area contributed by atoms with Crippen LogP contribution in [0.4, 0.5) is 19.0 Å². The van der Waals surface area contributed by atoms with Gasteiger partial charge in [-0.05, 0) is 26.0 Å². The maximum absolute atomic E-state index is 12.8. The third-order valence-electron chi connectivity index (χ3n) is 5.12. The maximum atomic E-state index is 12.8. The van der Waals surface area contributed by atoms with Crippen molar-refractivity contribution in [1.29, 1.82) is 0 Å². The highest BCUT2D eigenvalue weighted by molar-refractivity contribution is 5.81. The van der Waals surface area contributed by atoms with E-state index >= 15 is 0 Å². The number of nitrogens with zero attached hydrogens (tertiary/aromatic N) is 4. The molecule has 0 spiro atoms. The summed E-state index contributed by atoms with van der Waals surface area (Å²) >= 11 is 0. The minimum absolute atomic E-state index is 0.0640. The predicted molar refractivity (Wildman–Crippen MR) is 112 cm³/mol. The fourth-order valence-corrected chi connectivity index (χ4v) is 3.44. The standard InChI is InChI=1S/C22H25F3N4O3/c1-3-32-20(31)9-8-19(30)29-12-10-28(11-13-29)18-14-15(2)26-21(27-18)16-4-6-17(7-5-16)22(23,24)25/h4-7,14H,3,8-13H2,1-2H3. The molecule has 1 amide bonds. The highest BCUT2D eigenvalue weighted by Crippen LogP contribution is 2.30. The molecule has 1 aromatic heterocycles. The van der Waals surface area contributed by atoms with Gasteiger partial charge in [0.15, 0.2) is 5.82 Å². The molecule has 10 heteroatoms. The highest BCUT2D eigenvalue weighted by Gasteiger charge is 2.30. The molecule has 0 bridgehead atoms. The highest BCUT2D eigenvalue weighted by atomic mass is 19.4. The van der Waals surface area contributed by atoms with Gasteiger partial charge in [0.1, 0.15) is 5.82 Å². The third-order valence-corrected chi connectivity index (χ3v) is 5.12. The van der Waals surface area contributed by atoms with Crippen molar-refractivity contribution in [3.63, 3.8) is 0 Å². The Balaban J connectivity index is 1.64. The van der Waals surface area contributed by atoms with Crippen LogP contribution in [0.1, 0.15) is 31.0 Å². The Morgan fingerprint density at radius 1 is 1.03 bits per heavy atom. The number of anilines is 1. The zero-order valence-corrected chi connectivity index (χ0v) is 18.0. The van der Waals surface area contributed by atoms with Gasteiger partial charge in [-0.1, -0.05) is 12.1 Å². The molecule has 3 rings (SSSR count). The quantitative estimate of drug-likeness (QED) is 0.628. The van der Waals surface area contributed by atoms with Crippen molar-refractivity contribution < 1.29 is 27.5 Å². The number of rotatable bonds is 6. The average molecular weight is 450 g/mol. The van der Waals surface area contributed by atoms with Crippen molar-refractivity contribution >= 4 is 17.7 Å². The van der Waals surface area contributed by atoms with Gasteiger partial charge in [0.2, 0.25) is 5.91 Å². The Hall–Kier alpha value is -3.17. The van der Waals surface area contributed by atoms with Crippen LogP contribution in [0, 0.1) is 6.92 Å². The van der Waals surface area contributed by atoms with Gasteiger partial charge in [0.25, 0.3) is 0 Å². The Morgan fingerprint density at radius 3 is 2.28 bits per heavy atom. The van der Waals surface area contributed by atoms with Gasteiger partial charge < -0.3 is 14.5 Å². The zero-order valence-electron chi connectivity index (χ0n) is 18.0. The van der Waals surface area contributed by atoms with E-state index in [1.54, 1.807) is 18.7 Å². The summed E-state index contributed by atoms with van der Waals surface area (Å²) in [5.41, 5.74) is 0.464. The summed E-state index contributed by atoms with van der Waals surface area (Å²) in [6.45, 7) is 5.88. The summed E-state index contributed by atoms with van der Waals surface area (Å²) in [4.78, 5) is 36.4. The fourth-order valence-electron chi connectivity index (χ4n) is 3.44. The van der Waals surface area contributed by atoms with E-state index in [0.717, 1.165) is 12.1 Å². The Bertz CT molecular complexity index is 956. The number of benzene rings is 1. The minimum Gasteiger partial charge on any atom is -0.466 e. The van der Waals surface area contributed by atoms with Crippen molar-refractivity contribution in [3.8, 4) is 11.4 Å². The van der Waals surface area contributed by atoms with E-state index in [0.29, 0.717) is 55.7 Å². The normalized spacial score (nSPS) is 14.4. The van der Waals surface area contributed by atoms with Crippen LogP contribution in [0.15, 0.2) is 30.3 Å². The average Bonchev–Trinajstić information content (AvgIpc) is 2.77. The van der Waals surface area contributed by atoms with Crippen LogP contribution >= 0.6 is 0 Å². The largest absolute Gasteiger partial charge is 0.466 e. The van der Waals surface area contributed by atoms with Crippen molar-refractivity contribution in [2.24, 2.45) is 0 Å². The molecule has 1 aromatic carbocycles. The van der Waals surface area contributed by atoms with E-state index in [2.05, 4.69) is 9.97 Å². The van der Waals surface area contributed by atoms with Gasteiger partial charge in [-0.15, -0.1) is 0 Å². The van der Waals surface area contributed by atoms with E-state index < -0.39 is 11.7 Å². The van der Waals surface area contributed by atoms with Crippen LogP contribution in [0.5, 0.6) is 0 Å². The summed E-state index contributed by atoms with van der Waals surface area (Å²) in [5, 5.41) is 0. The zero-order chi connectivity index (χ0) is 23.3. The fraction of sp³-hybridized carbons (Fsp3) is 0.455. The van der Waals surface area contributed by atoms with Gasteiger partial charge >= 0.3 is 12.1 Å². The lowest BCUT2D eigenvalue weighted by Gasteiger charge is -2.35. The molecule has 2 heterocycles. The molecule has 172 valence electrons. The molecule has 32 heavy (non-hydrogen) atoms. The molecule has 7 nitrogen and oxygen atoms in total. The number of aryl methyl sites for hydroxylation is 1. The second kappa shape index (κ2) is 9.97. The van der Waals surface area contributed by atoms with E-state index in [1.807, 2.05) is 11.0 Å². The number of alkyl halides is 3. The SMILES string of the molecule is CCOC(=O)CCC(=O)N1CCN(c2cc(C)nc(-c3ccc(C(F)(F)F)cc3)n2)CC1. The molecule has 0 saturated carbocycles. The first-order valence-electron chi connectivity index (χ1n) is 10.4. The van der Waals surface area contributed by atoms with Gasteiger partial charge in [-0.3, -0.25) is 9.59 Å². The number of carbonyl (C=O) groups excluding carboxylic acids is 2. The number of ether oxygens (including phenoxy) is 1. The molecule has 1 saturated heterocycles. The number of carbonyl (C=O) groups is 2. The smallest absolute Gasteiger partial charge is 0.416 e. The number of aromatic nitrogens is 2. The monoisotopic (exact) mass is 450 g/mol. The predicted octanol–water partition coefficient (Wildman–Crippen LogP) is 3.46. The molecule has 2 aromatic rings. The molecular formula is C22H25F3N4O3. The van der Waals surface area contributed by atoms with E-state index in [1.165, 1.54) is 12.1 Å². The number of halogens is 3. The topological polar surface area (TPSA) is 75.6 Å². The number of hydrogen-bond acceptors (Lipinski definition) is 6. The molecule has 0 unspecified atom stereocenters. The Morgan fingerprint density at radius 2 is 1.69 bits per heavy atom. The molecule has 0 aliphatic carbocycles. The first-order chi connectivity index (χ1) is 15.2. The Kier molecular flexibility index (Phi) is 7.32. The van der Waals surface area contributed by atoms with Gasteiger partial charge in [-0.2, -0.15) is 13.2 Å². The molecule has 0 N–H and O–H groups in total. The molecule has 0 atom stereocenters. The summed E-state index contributed by atoms with van der Waals surface area (Å²) in [5.74, 6) is 0.529. The molecular weight excluding hydrogens is 425 g/mol. The lowest BCUT2D eigenvalue weighted by Crippen LogP contribution is -2.49. The van der Waals surface area contributed by atoms with Gasteiger partial charge in [0, 0.05) is 49.9 Å². The van der Waals surface area contributed by atoms with Crippen molar-refractivity contribution in [2.75, 3.05) is 37.7 Å². The Labute approximate surface area is 184 Å². The first-order valence-corrected chi connectivity index (χ1v) is 10.4. The lowest BCUT2D eigenvalue weighted by atomic mass is 10.1. The summed E-state index contributed by atoms with van der Waals surface area (Å²) < 4.78 is 43.3. The minimum atomic E-state index is -4.40. The molecule has 1 aliphatic rings. The molecule has 1 fully saturated rings. The van der Waals surface area contributed by atoms with Crippen molar-refractivity contribution in [2.45, 2.75) is 32.9 Å². The van der Waals surface area contributed by atoms with Crippen LogP contribution in [-0.2, 0) is 20.5 Å². The number of esters is 1. The van der Waals surface area contributed by atoms with Crippen LogP contribution in [0.2, 0.25) is 0 Å². The lowest BCUT2D eigenvalue weighted by molar-refractivity contribution is -0.145. The number of hydrogen-bond donors (Lipinski definition) is 0. The maximum Gasteiger partial charge on any atom is 0.416 e. The van der Waals surface area contributed by atoms with Crippen molar-refractivity contribution in [1.82, 2.24) is 14.9 Å². The van der Waals surface area contributed by atoms with E-state index in [-0.39, 0.29) is 24.7 Å². The van der Waals surface area contributed by atoms with Crippen LogP contribution in [0.25, 0.3) is 11.4 Å². The van der Waals surface area contributed by atoms with Crippen LogP contribution < -0.4 is 4.90 Å². The number of amides is 1. The number of piperazine rings is 1. The van der Waals surface area contributed by atoms with Gasteiger partial charge in [0.05, 0.1) is 18.6 Å². The van der Waals surface area contributed by atoms with E-state index in [9.17, 15) is 22.8 Å². The van der Waals surface area contributed by atoms with Crippen LogP contribution in [-0.4, -0.2) is 59.5 Å². The van der Waals surface area contributed by atoms with Crippen molar-refractivity contribution in [3.05, 3.63) is 41.6 Å². The summed E-state index contributed by atoms with van der Waals surface area (Å²) in [6.07, 6.45) is -4.22. The first kappa shape index (κ1) is 23.5. The summed E-state index contributed by atoms with van der Waals surface area (Å²) in [6, 6.07) is 6.57. The summed E-state index contributed by atoms with van der Waals surface area (Å²) in [7, 11) is 0. The van der Waals surface area contributed by atoms with Gasteiger partial charge in [-0.25, -0.2) is 9.97 Å². The van der Waals surface area contributed by atoms with E-state index in [4.69, 9.17) is 4.74 Å². The second-order valence-corrected chi connectivity index (χ2v) is 7.44. The molecule has 1 aliphatic heterocycles. The second-order valence-electron chi connectivity index (χ2n) is 7.44. The third kappa shape index (κ3) is 5.95. The molecule has 0 radical (unpaired) electrons. The van der Waals surface area contributed by atoms with Crippen LogP contribution in [0.3, 0.4) is 0 Å².